The summed E-state index contributed by atoms with van der Waals surface area (Å²) in [6.07, 6.45) is 2.66. The van der Waals surface area contributed by atoms with E-state index in [1.165, 1.54) is 11.3 Å². The second kappa shape index (κ2) is 6.74. The number of hydrogen-bond donors (Lipinski definition) is 0. The molecule has 1 aliphatic heterocycles. The molecule has 3 heterocycles. The van der Waals surface area contributed by atoms with Gasteiger partial charge < -0.3 is 14.4 Å². The molecule has 1 aromatic carbocycles. The smallest absolute Gasteiger partial charge is 0.263 e. The van der Waals surface area contributed by atoms with Crippen LogP contribution in [0.4, 0.5) is 0 Å². The van der Waals surface area contributed by atoms with Crippen molar-refractivity contribution in [1.82, 2.24) is 14.5 Å². The molecular weight excluding hydrogens is 350 g/mol. The molecule has 0 aliphatic carbocycles. The maximum Gasteiger partial charge on any atom is 0.263 e. The van der Waals surface area contributed by atoms with Crippen LogP contribution in [0.2, 0.25) is 0 Å². The van der Waals surface area contributed by atoms with Crippen molar-refractivity contribution in [2.24, 2.45) is 0 Å². The lowest BCUT2D eigenvalue weighted by atomic mass is 10.0. The molecule has 1 saturated heterocycles. The normalized spacial score (nSPS) is 17.7. The molecule has 0 N–H and O–H groups in total. The highest BCUT2D eigenvalue weighted by Crippen LogP contribution is 2.38. The predicted octanol–water partition coefficient (Wildman–Crippen LogP) is 3.02. The van der Waals surface area contributed by atoms with Crippen LogP contribution in [0.5, 0.6) is 11.5 Å². The maximum atomic E-state index is 13.2. The number of fused-ring (bicyclic) bond motifs is 1. The highest BCUT2D eigenvalue weighted by atomic mass is 32.1. The monoisotopic (exact) mass is 371 g/mol. The first kappa shape index (κ1) is 17.1. The van der Waals surface area contributed by atoms with Gasteiger partial charge in [0.05, 0.1) is 32.0 Å². The molecule has 3 aromatic rings. The highest BCUT2D eigenvalue weighted by molar-refractivity contribution is 7.17. The van der Waals surface area contributed by atoms with E-state index in [1.807, 2.05) is 23.6 Å². The summed E-state index contributed by atoms with van der Waals surface area (Å²) in [5.41, 5.74) is 1.76. The van der Waals surface area contributed by atoms with Crippen LogP contribution in [-0.2, 0) is 0 Å². The molecule has 0 unspecified atom stereocenters. The van der Waals surface area contributed by atoms with Gasteiger partial charge in [-0.1, -0.05) is 0 Å². The Morgan fingerprint density at radius 3 is 2.77 bits per heavy atom. The molecule has 0 bridgehead atoms. The molecule has 1 aliphatic rings. The molecule has 0 saturated carbocycles. The molecule has 1 atom stereocenters. The van der Waals surface area contributed by atoms with Crippen LogP contribution >= 0.6 is 11.3 Å². The average Bonchev–Trinajstić information content (AvgIpc) is 3.28. The number of likely N-dealkylation sites (N-methyl/N-ethyl adjacent to an activating group) is 1. The topological polar surface area (TPSA) is 56.6 Å². The zero-order valence-electron chi connectivity index (χ0n) is 15.1. The van der Waals surface area contributed by atoms with Gasteiger partial charge in [-0.25, -0.2) is 4.98 Å². The fourth-order valence-electron chi connectivity index (χ4n) is 3.56. The SMILES string of the molecule is COc1ccc(-c2csc3ncn([C@@H]4CCN(C)C4)c(=O)c23)c(OC)c1. The summed E-state index contributed by atoms with van der Waals surface area (Å²) in [6.45, 7) is 1.87. The average molecular weight is 371 g/mol. The fraction of sp³-hybridized carbons (Fsp3) is 0.368. The van der Waals surface area contributed by atoms with Gasteiger partial charge in [-0.15, -0.1) is 11.3 Å². The number of methoxy groups -OCH3 is 2. The molecule has 136 valence electrons. The molecule has 2 aromatic heterocycles. The van der Waals surface area contributed by atoms with Crippen LogP contribution in [-0.4, -0.2) is 48.8 Å². The summed E-state index contributed by atoms with van der Waals surface area (Å²) >= 11 is 1.48. The van der Waals surface area contributed by atoms with Crippen LogP contribution in [0, 0.1) is 0 Å². The Morgan fingerprint density at radius 2 is 2.08 bits per heavy atom. The number of ether oxygens (including phenoxy) is 2. The zero-order chi connectivity index (χ0) is 18.3. The van der Waals surface area contributed by atoms with E-state index in [9.17, 15) is 4.79 Å². The van der Waals surface area contributed by atoms with Crippen molar-refractivity contribution in [2.45, 2.75) is 12.5 Å². The largest absolute Gasteiger partial charge is 0.497 e. The summed E-state index contributed by atoms with van der Waals surface area (Å²) in [5, 5.41) is 2.64. The Bertz CT molecular complexity index is 1010. The Morgan fingerprint density at radius 1 is 1.23 bits per heavy atom. The predicted molar refractivity (Wildman–Crippen MR) is 104 cm³/mol. The van der Waals surface area contributed by atoms with Crippen LogP contribution in [0.25, 0.3) is 21.3 Å². The number of hydrogen-bond acceptors (Lipinski definition) is 6. The minimum absolute atomic E-state index is 0.0180. The van der Waals surface area contributed by atoms with Crippen LogP contribution in [0.3, 0.4) is 0 Å². The number of nitrogens with zero attached hydrogens (tertiary/aromatic N) is 3. The molecule has 7 heteroatoms. The van der Waals surface area contributed by atoms with E-state index in [2.05, 4.69) is 16.9 Å². The maximum absolute atomic E-state index is 13.2. The van der Waals surface area contributed by atoms with Gasteiger partial charge in [0.25, 0.3) is 5.56 Å². The third kappa shape index (κ3) is 2.77. The number of aromatic nitrogens is 2. The molecule has 1 fully saturated rings. The minimum atomic E-state index is 0.0180. The van der Waals surface area contributed by atoms with Crippen molar-refractivity contribution in [2.75, 3.05) is 34.4 Å². The standard InChI is InChI=1S/C19H21N3O3S/c1-21-7-6-12(9-21)22-11-20-18-17(19(22)23)15(10-26-18)14-5-4-13(24-2)8-16(14)25-3/h4-5,8,10-12H,6-7,9H2,1-3H3/t12-/m1/s1. The summed E-state index contributed by atoms with van der Waals surface area (Å²) in [5.74, 6) is 1.40. The van der Waals surface area contributed by atoms with Crippen molar-refractivity contribution < 1.29 is 9.47 Å². The minimum Gasteiger partial charge on any atom is -0.497 e. The Hall–Kier alpha value is -2.38. The third-order valence-electron chi connectivity index (χ3n) is 4.98. The molecule has 0 spiro atoms. The number of benzene rings is 1. The molecule has 6 nitrogen and oxygen atoms in total. The summed E-state index contributed by atoms with van der Waals surface area (Å²) in [4.78, 5) is 20.8. The summed E-state index contributed by atoms with van der Waals surface area (Å²) in [6, 6.07) is 5.82. The lowest BCUT2D eigenvalue weighted by molar-refractivity contribution is 0.389. The van der Waals surface area contributed by atoms with Gasteiger partial charge in [-0.3, -0.25) is 9.36 Å². The first-order valence-corrected chi connectivity index (χ1v) is 9.39. The lowest BCUT2D eigenvalue weighted by Crippen LogP contribution is -2.26. The van der Waals surface area contributed by atoms with Crippen LogP contribution in [0.1, 0.15) is 12.5 Å². The van der Waals surface area contributed by atoms with Crippen molar-refractivity contribution in [3.8, 4) is 22.6 Å². The summed E-state index contributed by atoms with van der Waals surface area (Å²) < 4.78 is 12.6. The molecule has 0 radical (unpaired) electrons. The van der Waals surface area contributed by atoms with Gasteiger partial charge in [0, 0.05) is 29.1 Å². The Kier molecular flexibility index (Phi) is 4.42. The molecule has 26 heavy (non-hydrogen) atoms. The quantitative estimate of drug-likeness (QED) is 0.706. The van der Waals surface area contributed by atoms with Gasteiger partial charge in [0.15, 0.2) is 0 Å². The van der Waals surface area contributed by atoms with E-state index in [0.29, 0.717) is 11.1 Å². The molecule has 0 amide bonds. The van der Waals surface area contributed by atoms with Crippen molar-refractivity contribution in [1.29, 1.82) is 0 Å². The third-order valence-corrected chi connectivity index (χ3v) is 5.86. The van der Waals surface area contributed by atoms with E-state index in [-0.39, 0.29) is 11.6 Å². The first-order valence-electron chi connectivity index (χ1n) is 8.51. The van der Waals surface area contributed by atoms with Crippen LogP contribution < -0.4 is 15.0 Å². The Balaban J connectivity index is 1.88. The van der Waals surface area contributed by atoms with Gasteiger partial charge in [0.1, 0.15) is 16.3 Å². The van der Waals surface area contributed by atoms with Crippen molar-refractivity contribution in [3.05, 3.63) is 40.3 Å². The lowest BCUT2D eigenvalue weighted by Gasteiger charge is -2.14. The van der Waals surface area contributed by atoms with Crippen molar-refractivity contribution >= 4 is 21.6 Å². The van der Waals surface area contributed by atoms with Crippen molar-refractivity contribution in [3.63, 3.8) is 0 Å². The van der Waals surface area contributed by atoms with Gasteiger partial charge >= 0.3 is 0 Å². The van der Waals surface area contributed by atoms with E-state index in [4.69, 9.17) is 9.47 Å². The highest BCUT2D eigenvalue weighted by Gasteiger charge is 2.24. The van der Waals surface area contributed by atoms with Crippen LogP contribution in [0.15, 0.2) is 34.7 Å². The van der Waals surface area contributed by atoms with E-state index in [0.717, 1.165) is 41.2 Å². The number of rotatable bonds is 4. The molecular formula is C19H21N3O3S. The molecule has 4 rings (SSSR count). The fourth-order valence-corrected chi connectivity index (χ4v) is 4.46. The Labute approximate surface area is 155 Å². The zero-order valence-corrected chi connectivity index (χ0v) is 15.9. The number of likely N-dealkylation sites (tertiary alicyclic amines) is 1. The number of thiophene rings is 1. The van der Waals surface area contributed by atoms with E-state index in [1.54, 1.807) is 25.1 Å². The van der Waals surface area contributed by atoms with Gasteiger partial charge in [-0.2, -0.15) is 0 Å². The van der Waals surface area contributed by atoms with E-state index < -0.39 is 0 Å². The van der Waals surface area contributed by atoms with Gasteiger partial charge in [-0.05, 0) is 32.1 Å². The van der Waals surface area contributed by atoms with E-state index >= 15 is 0 Å². The first-order chi connectivity index (χ1) is 12.6. The van der Waals surface area contributed by atoms with Gasteiger partial charge in [0.2, 0.25) is 0 Å². The second-order valence-corrected chi connectivity index (χ2v) is 7.42. The second-order valence-electron chi connectivity index (χ2n) is 6.56. The summed E-state index contributed by atoms with van der Waals surface area (Å²) in [7, 11) is 5.32.